The third kappa shape index (κ3) is 6.26. The summed E-state index contributed by atoms with van der Waals surface area (Å²) in [5, 5.41) is 3.42. The second kappa shape index (κ2) is 8.82. The van der Waals surface area contributed by atoms with E-state index in [0.29, 0.717) is 6.04 Å². The topological polar surface area (TPSA) is 33.7 Å². The van der Waals surface area contributed by atoms with E-state index in [2.05, 4.69) is 38.2 Å². The van der Waals surface area contributed by atoms with Crippen LogP contribution in [0.2, 0.25) is 0 Å². The molecule has 0 fully saturated rings. The highest BCUT2D eigenvalue weighted by Crippen LogP contribution is 2.24. The van der Waals surface area contributed by atoms with Crippen LogP contribution in [0.5, 0.6) is 11.5 Å². The summed E-state index contributed by atoms with van der Waals surface area (Å²) >= 11 is 0. The molecule has 0 spiro atoms. The quantitative estimate of drug-likeness (QED) is 0.705. The van der Waals surface area contributed by atoms with E-state index in [4.69, 9.17) is 9.47 Å². The molecule has 0 unspecified atom stereocenters. The fourth-order valence-electron chi connectivity index (χ4n) is 1.84. The Labute approximate surface area is 123 Å². The zero-order chi connectivity index (χ0) is 15.0. The zero-order valence-corrected chi connectivity index (χ0v) is 13.4. The maximum atomic E-state index is 5.90. The van der Waals surface area contributed by atoms with Crippen molar-refractivity contribution >= 4 is 0 Å². The summed E-state index contributed by atoms with van der Waals surface area (Å²) in [6.45, 7) is 6.84. The Bertz CT molecular complexity index is 392. The van der Waals surface area contributed by atoms with Crippen molar-refractivity contribution in [3.05, 3.63) is 23.8 Å². The maximum Gasteiger partial charge on any atom is 0.124 e. The van der Waals surface area contributed by atoms with E-state index in [-0.39, 0.29) is 0 Å². The second-order valence-electron chi connectivity index (χ2n) is 5.51. The number of hydrogen-bond acceptors (Lipinski definition) is 4. The number of nitrogens with one attached hydrogen (secondary N) is 1. The van der Waals surface area contributed by atoms with Gasteiger partial charge in [0.15, 0.2) is 0 Å². The van der Waals surface area contributed by atoms with Crippen molar-refractivity contribution in [3.63, 3.8) is 0 Å². The standard InChI is InChI=1S/C16H28N2O2/c1-13(2)17-12-14-11-15(19-5)7-8-16(14)20-10-6-9-18(3)4/h7-8,11,13,17H,6,9-10,12H2,1-5H3. The molecule has 1 N–H and O–H groups in total. The van der Waals surface area contributed by atoms with Gasteiger partial charge in [0.1, 0.15) is 11.5 Å². The zero-order valence-electron chi connectivity index (χ0n) is 13.4. The van der Waals surface area contributed by atoms with Gasteiger partial charge in [0.2, 0.25) is 0 Å². The third-order valence-electron chi connectivity index (χ3n) is 2.98. The molecule has 0 atom stereocenters. The second-order valence-corrected chi connectivity index (χ2v) is 5.51. The van der Waals surface area contributed by atoms with Gasteiger partial charge in [-0.1, -0.05) is 13.8 Å². The van der Waals surface area contributed by atoms with Crippen LogP contribution in [-0.4, -0.2) is 45.3 Å². The minimum Gasteiger partial charge on any atom is -0.497 e. The molecule has 4 nitrogen and oxygen atoms in total. The van der Waals surface area contributed by atoms with Crippen molar-refractivity contribution in [2.24, 2.45) is 0 Å². The molecule has 0 bridgehead atoms. The molecule has 0 radical (unpaired) electrons. The van der Waals surface area contributed by atoms with Gasteiger partial charge in [-0.25, -0.2) is 0 Å². The number of rotatable bonds is 9. The van der Waals surface area contributed by atoms with Gasteiger partial charge in [0.25, 0.3) is 0 Å². The van der Waals surface area contributed by atoms with E-state index in [1.165, 1.54) is 0 Å². The molecule has 0 aliphatic heterocycles. The average molecular weight is 280 g/mol. The van der Waals surface area contributed by atoms with Gasteiger partial charge in [-0.05, 0) is 38.7 Å². The number of hydrogen-bond donors (Lipinski definition) is 1. The van der Waals surface area contributed by atoms with Gasteiger partial charge >= 0.3 is 0 Å². The Balaban J connectivity index is 2.62. The molecule has 1 rings (SSSR count). The molecule has 0 aliphatic rings. The van der Waals surface area contributed by atoms with Gasteiger partial charge in [-0.15, -0.1) is 0 Å². The summed E-state index contributed by atoms with van der Waals surface area (Å²) in [5.74, 6) is 1.81. The van der Waals surface area contributed by atoms with Crippen LogP contribution in [0.4, 0.5) is 0 Å². The monoisotopic (exact) mass is 280 g/mol. The molecule has 0 saturated heterocycles. The first-order chi connectivity index (χ1) is 9.52. The van der Waals surface area contributed by atoms with Crippen LogP contribution >= 0.6 is 0 Å². The minimum atomic E-state index is 0.447. The summed E-state index contributed by atoms with van der Waals surface area (Å²) in [6.07, 6.45) is 1.02. The lowest BCUT2D eigenvalue weighted by molar-refractivity contribution is 0.278. The van der Waals surface area contributed by atoms with Crippen LogP contribution in [-0.2, 0) is 6.54 Å². The van der Waals surface area contributed by atoms with Gasteiger partial charge in [-0.2, -0.15) is 0 Å². The van der Waals surface area contributed by atoms with Crippen LogP contribution in [0.25, 0.3) is 0 Å². The molecule has 0 aliphatic carbocycles. The summed E-state index contributed by atoms with van der Waals surface area (Å²) in [6, 6.07) is 6.42. The molecule has 4 heteroatoms. The van der Waals surface area contributed by atoms with Crippen molar-refractivity contribution in [2.75, 3.05) is 34.4 Å². The van der Waals surface area contributed by atoms with E-state index in [9.17, 15) is 0 Å². The Morgan fingerprint density at radius 1 is 1.25 bits per heavy atom. The molecule has 1 aromatic carbocycles. The SMILES string of the molecule is COc1ccc(OCCCN(C)C)c(CNC(C)C)c1. The summed E-state index contributed by atoms with van der Waals surface area (Å²) in [5.41, 5.74) is 1.14. The smallest absolute Gasteiger partial charge is 0.124 e. The van der Waals surface area contributed by atoms with Crippen molar-refractivity contribution < 1.29 is 9.47 Å². The number of ether oxygens (including phenoxy) is 2. The van der Waals surface area contributed by atoms with Crippen LogP contribution in [0.3, 0.4) is 0 Å². The molecule has 20 heavy (non-hydrogen) atoms. The molecular formula is C16H28N2O2. The van der Waals surface area contributed by atoms with E-state index in [1.807, 2.05) is 18.2 Å². The first kappa shape index (κ1) is 16.8. The number of methoxy groups -OCH3 is 1. The van der Waals surface area contributed by atoms with Gasteiger partial charge < -0.3 is 19.7 Å². The van der Waals surface area contributed by atoms with E-state index >= 15 is 0 Å². The van der Waals surface area contributed by atoms with Crippen molar-refractivity contribution in [2.45, 2.75) is 32.9 Å². The number of nitrogens with zero attached hydrogens (tertiary/aromatic N) is 1. The Kier molecular flexibility index (Phi) is 7.41. The Morgan fingerprint density at radius 3 is 2.60 bits per heavy atom. The summed E-state index contributed by atoms with van der Waals surface area (Å²) < 4.78 is 11.2. The summed E-state index contributed by atoms with van der Waals surface area (Å²) in [7, 11) is 5.84. The molecule has 114 valence electrons. The highest BCUT2D eigenvalue weighted by atomic mass is 16.5. The molecule has 0 saturated carbocycles. The molecular weight excluding hydrogens is 252 g/mol. The maximum absolute atomic E-state index is 5.90. The van der Waals surface area contributed by atoms with E-state index in [0.717, 1.165) is 43.2 Å². The van der Waals surface area contributed by atoms with Gasteiger partial charge in [0.05, 0.1) is 13.7 Å². The first-order valence-electron chi connectivity index (χ1n) is 7.20. The van der Waals surface area contributed by atoms with E-state index in [1.54, 1.807) is 7.11 Å². The lowest BCUT2D eigenvalue weighted by Gasteiger charge is -2.16. The van der Waals surface area contributed by atoms with Crippen molar-refractivity contribution in [3.8, 4) is 11.5 Å². The predicted octanol–water partition coefficient (Wildman–Crippen LogP) is 2.52. The first-order valence-corrected chi connectivity index (χ1v) is 7.20. The third-order valence-corrected chi connectivity index (χ3v) is 2.98. The van der Waals surface area contributed by atoms with Crippen LogP contribution < -0.4 is 14.8 Å². The summed E-state index contributed by atoms with van der Waals surface area (Å²) in [4.78, 5) is 2.17. The lowest BCUT2D eigenvalue weighted by Crippen LogP contribution is -2.22. The largest absolute Gasteiger partial charge is 0.497 e. The highest BCUT2D eigenvalue weighted by Gasteiger charge is 2.07. The lowest BCUT2D eigenvalue weighted by atomic mass is 10.1. The van der Waals surface area contributed by atoms with Crippen LogP contribution in [0.15, 0.2) is 18.2 Å². The van der Waals surface area contributed by atoms with Crippen LogP contribution in [0, 0.1) is 0 Å². The predicted molar refractivity (Wildman–Crippen MR) is 83.6 cm³/mol. The van der Waals surface area contributed by atoms with Gasteiger partial charge in [0, 0.05) is 24.7 Å². The molecule has 0 aromatic heterocycles. The molecule has 0 amide bonds. The fourth-order valence-corrected chi connectivity index (χ4v) is 1.84. The average Bonchev–Trinajstić information content (AvgIpc) is 2.41. The van der Waals surface area contributed by atoms with Crippen molar-refractivity contribution in [1.29, 1.82) is 0 Å². The normalized spacial score (nSPS) is 11.2. The van der Waals surface area contributed by atoms with Crippen molar-refractivity contribution in [1.82, 2.24) is 10.2 Å². The highest BCUT2D eigenvalue weighted by molar-refractivity contribution is 5.40. The minimum absolute atomic E-state index is 0.447. The number of benzene rings is 1. The molecule has 1 aromatic rings. The Morgan fingerprint density at radius 2 is 2.00 bits per heavy atom. The fraction of sp³-hybridized carbons (Fsp3) is 0.625. The Hall–Kier alpha value is -1.26. The van der Waals surface area contributed by atoms with Gasteiger partial charge in [-0.3, -0.25) is 0 Å². The van der Waals surface area contributed by atoms with Crippen LogP contribution in [0.1, 0.15) is 25.8 Å². The van der Waals surface area contributed by atoms with E-state index < -0.39 is 0 Å². The molecule has 0 heterocycles.